The zero-order valence-electron chi connectivity index (χ0n) is 12.3. The number of anilines is 1. The molecule has 9 heteroatoms. The zero-order chi connectivity index (χ0) is 15.6. The predicted octanol–water partition coefficient (Wildman–Crippen LogP) is 0.910. The normalized spacial score (nSPS) is 11.6. The lowest BCUT2D eigenvalue weighted by Gasteiger charge is -2.05. The van der Waals surface area contributed by atoms with Crippen molar-refractivity contribution in [3.05, 3.63) is 29.0 Å². The minimum atomic E-state index is -3.81. The van der Waals surface area contributed by atoms with Gasteiger partial charge in [0.25, 0.3) is 16.0 Å². The molecular formula is C12H17N5O3S. The molecule has 2 N–H and O–H groups in total. The first-order valence-electron chi connectivity index (χ1n) is 6.28. The van der Waals surface area contributed by atoms with Crippen LogP contribution in [0.25, 0.3) is 0 Å². The summed E-state index contributed by atoms with van der Waals surface area (Å²) >= 11 is 0. The van der Waals surface area contributed by atoms with Gasteiger partial charge in [-0.05, 0) is 27.8 Å². The van der Waals surface area contributed by atoms with Gasteiger partial charge in [-0.15, -0.1) is 5.10 Å². The summed E-state index contributed by atoms with van der Waals surface area (Å²) in [5.74, 6) is 0.785. The van der Waals surface area contributed by atoms with Gasteiger partial charge in [0.05, 0.1) is 17.9 Å². The molecule has 8 nitrogen and oxygen atoms in total. The van der Waals surface area contributed by atoms with Crippen LogP contribution in [-0.2, 0) is 16.6 Å². The monoisotopic (exact) mass is 311 g/mol. The summed E-state index contributed by atoms with van der Waals surface area (Å²) in [5.41, 5.74) is 1.26. The van der Waals surface area contributed by atoms with Crippen LogP contribution in [-0.4, -0.2) is 30.6 Å². The fourth-order valence-corrected chi connectivity index (χ4v) is 2.87. The lowest BCUT2D eigenvalue weighted by Crippen LogP contribution is -2.16. The summed E-state index contributed by atoms with van der Waals surface area (Å²) in [6.07, 6.45) is 0. The summed E-state index contributed by atoms with van der Waals surface area (Å²) in [6, 6.07) is 1.47. The number of aryl methyl sites for hydroxylation is 3. The van der Waals surface area contributed by atoms with Gasteiger partial charge in [-0.25, -0.2) is 18.1 Å². The molecule has 0 spiro atoms. The Morgan fingerprint density at radius 3 is 2.52 bits per heavy atom. The second-order valence-electron chi connectivity index (χ2n) is 4.58. The van der Waals surface area contributed by atoms with Gasteiger partial charge in [0, 0.05) is 6.07 Å². The molecule has 0 saturated carbocycles. The smallest absolute Gasteiger partial charge is 0.267 e. The Labute approximate surface area is 123 Å². The second kappa shape index (κ2) is 5.78. The van der Waals surface area contributed by atoms with Crippen LogP contribution < -0.4 is 10.0 Å². The van der Waals surface area contributed by atoms with Gasteiger partial charge in [0.1, 0.15) is 16.4 Å². The maximum Gasteiger partial charge on any atom is 0.267 e. The number of sulfonamides is 1. The molecule has 0 aliphatic rings. The van der Waals surface area contributed by atoms with Crippen LogP contribution in [0, 0.1) is 20.8 Å². The Hall–Kier alpha value is -2.00. The van der Waals surface area contributed by atoms with Gasteiger partial charge >= 0.3 is 0 Å². The molecular weight excluding hydrogens is 294 g/mol. The first-order chi connectivity index (χ1) is 9.83. The number of hydrogen-bond acceptors (Lipinski definition) is 7. The van der Waals surface area contributed by atoms with Gasteiger partial charge < -0.3 is 9.73 Å². The Kier molecular flexibility index (Phi) is 4.24. The summed E-state index contributed by atoms with van der Waals surface area (Å²) in [4.78, 5) is 4.11. The van der Waals surface area contributed by atoms with E-state index in [0.29, 0.717) is 29.5 Å². The molecule has 0 radical (unpaired) electrons. The number of hydrogen-bond donors (Lipinski definition) is 2. The van der Waals surface area contributed by atoms with Gasteiger partial charge in [-0.3, -0.25) is 0 Å². The fourth-order valence-electron chi connectivity index (χ4n) is 1.73. The Morgan fingerprint density at radius 1 is 1.19 bits per heavy atom. The highest BCUT2D eigenvalue weighted by atomic mass is 32.2. The SMILES string of the molecule is CNCc1cc(S(=O)(=O)Nc2nnc(C)c(C)n2)c(C)o1. The summed E-state index contributed by atoms with van der Waals surface area (Å²) < 4.78 is 32.4. The van der Waals surface area contributed by atoms with Gasteiger partial charge in [0.2, 0.25) is 0 Å². The third-order valence-electron chi connectivity index (χ3n) is 2.88. The molecule has 2 rings (SSSR count). The third kappa shape index (κ3) is 3.37. The van der Waals surface area contributed by atoms with Crippen molar-refractivity contribution in [2.45, 2.75) is 32.2 Å². The van der Waals surface area contributed by atoms with E-state index < -0.39 is 10.0 Å². The molecule has 2 heterocycles. The number of nitrogens with zero attached hydrogens (tertiary/aromatic N) is 3. The largest absolute Gasteiger partial charge is 0.464 e. The van der Waals surface area contributed by atoms with Crippen LogP contribution in [0.2, 0.25) is 0 Å². The second-order valence-corrected chi connectivity index (χ2v) is 6.23. The predicted molar refractivity (Wildman–Crippen MR) is 76.3 cm³/mol. The summed E-state index contributed by atoms with van der Waals surface area (Å²) in [7, 11) is -2.06. The van der Waals surface area contributed by atoms with Crippen molar-refractivity contribution in [2.24, 2.45) is 0 Å². The van der Waals surface area contributed by atoms with E-state index in [1.54, 1.807) is 27.8 Å². The first-order valence-corrected chi connectivity index (χ1v) is 7.76. The zero-order valence-corrected chi connectivity index (χ0v) is 13.1. The van der Waals surface area contributed by atoms with Crippen molar-refractivity contribution in [3.8, 4) is 0 Å². The van der Waals surface area contributed by atoms with Crippen molar-refractivity contribution in [3.63, 3.8) is 0 Å². The Balaban J connectivity index is 2.31. The van der Waals surface area contributed by atoms with E-state index in [0.717, 1.165) is 0 Å². The molecule has 114 valence electrons. The van der Waals surface area contributed by atoms with Crippen LogP contribution in [0.1, 0.15) is 22.9 Å². The molecule has 0 aliphatic carbocycles. The lowest BCUT2D eigenvalue weighted by atomic mass is 10.4. The fraction of sp³-hybridized carbons (Fsp3) is 0.417. The third-order valence-corrected chi connectivity index (χ3v) is 4.32. The van der Waals surface area contributed by atoms with Gasteiger partial charge in [-0.1, -0.05) is 0 Å². The minimum Gasteiger partial charge on any atom is -0.464 e. The van der Waals surface area contributed by atoms with E-state index >= 15 is 0 Å². The summed E-state index contributed by atoms with van der Waals surface area (Å²) in [6.45, 7) is 5.51. The quantitative estimate of drug-likeness (QED) is 0.844. The molecule has 0 amide bonds. The van der Waals surface area contributed by atoms with Crippen molar-refractivity contribution in [2.75, 3.05) is 11.8 Å². The van der Waals surface area contributed by atoms with E-state index in [1.807, 2.05) is 0 Å². The molecule has 2 aromatic rings. The molecule has 0 saturated heterocycles. The number of rotatable bonds is 5. The van der Waals surface area contributed by atoms with Crippen LogP contribution >= 0.6 is 0 Å². The molecule has 21 heavy (non-hydrogen) atoms. The molecule has 0 fully saturated rings. The molecule has 0 unspecified atom stereocenters. The first kappa shape index (κ1) is 15.4. The lowest BCUT2D eigenvalue weighted by molar-refractivity contribution is 0.466. The number of furan rings is 1. The maximum atomic E-state index is 12.3. The van der Waals surface area contributed by atoms with E-state index in [2.05, 4.69) is 25.2 Å². The van der Waals surface area contributed by atoms with Crippen molar-refractivity contribution >= 4 is 16.0 Å². The van der Waals surface area contributed by atoms with Crippen LogP contribution in [0.5, 0.6) is 0 Å². The molecule has 2 aromatic heterocycles. The number of nitrogens with one attached hydrogen (secondary N) is 2. The van der Waals surface area contributed by atoms with Crippen LogP contribution in [0.3, 0.4) is 0 Å². The highest BCUT2D eigenvalue weighted by molar-refractivity contribution is 7.92. The van der Waals surface area contributed by atoms with Crippen LogP contribution in [0.15, 0.2) is 15.4 Å². The van der Waals surface area contributed by atoms with E-state index in [9.17, 15) is 8.42 Å². The molecule has 0 aromatic carbocycles. The summed E-state index contributed by atoms with van der Waals surface area (Å²) in [5, 5.41) is 10.5. The maximum absolute atomic E-state index is 12.3. The average Bonchev–Trinajstić information content (AvgIpc) is 2.76. The van der Waals surface area contributed by atoms with Crippen molar-refractivity contribution < 1.29 is 12.8 Å². The van der Waals surface area contributed by atoms with Crippen molar-refractivity contribution in [1.82, 2.24) is 20.5 Å². The van der Waals surface area contributed by atoms with E-state index in [4.69, 9.17) is 4.42 Å². The highest BCUT2D eigenvalue weighted by Gasteiger charge is 2.22. The highest BCUT2D eigenvalue weighted by Crippen LogP contribution is 2.21. The minimum absolute atomic E-state index is 0.0612. The molecule has 0 aliphatic heterocycles. The van der Waals surface area contributed by atoms with E-state index in [-0.39, 0.29) is 10.8 Å². The van der Waals surface area contributed by atoms with E-state index in [1.165, 1.54) is 6.07 Å². The van der Waals surface area contributed by atoms with Crippen LogP contribution in [0.4, 0.5) is 5.95 Å². The Bertz CT molecular complexity index is 754. The standard InChI is InChI=1S/C12H17N5O3S/c1-7-8(2)15-16-12(14-7)17-21(18,19)11-5-10(6-13-4)20-9(11)3/h5,13H,6H2,1-4H3,(H,14,16,17). The molecule has 0 bridgehead atoms. The molecule has 0 atom stereocenters. The Morgan fingerprint density at radius 2 is 1.90 bits per heavy atom. The van der Waals surface area contributed by atoms with Gasteiger partial charge in [-0.2, -0.15) is 5.10 Å². The van der Waals surface area contributed by atoms with Crippen molar-refractivity contribution in [1.29, 1.82) is 0 Å². The topological polar surface area (TPSA) is 110 Å². The van der Waals surface area contributed by atoms with Gasteiger partial charge in [0.15, 0.2) is 0 Å². The average molecular weight is 311 g/mol. The number of aromatic nitrogens is 3.